The topological polar surface area (TPSA) is 44.1 Å². The number of benzene rings is 1. The molecule has 0 spiro atoms. The molecule has 0 saturated carbocycles. The van der Waals surface area contributed by atoms with Crippen molar-refractivity contribution in [3.63, 3.8) is 0 Å². The third-order valence-corrected chi connectivity index (χ3v) is 2.34. The number of ether oxygens (including phenoxy) is 1. The Balaban J connectivity index is 1.84. The summed E-state index contributed by atoms with van der Waals surface area (Å²) in [5, 5.41) is 0. The maximum atomic E-state index is 11.5. The van der Waals surface area contributed by atoms with Crippen LogP contribution in [0.15, 0.2) is 48.9 Å². The Bertz CT molecular complexity index is 544. The number of hydrogen-bond donors (Lipinski definition) is 0. The number of carbonyl (C=O) groups excluding carboxylic acids is 1. The molecular weight excluding hydrogens is 228 g/mol. The highest BCUT2D eigenvalue weighted by Gasteiger charge is 1.98. The maximum absolute atomic E-state index is 11.5. The summed E-state index contributed by atoms with van der Waals surface area (Å²) in [6.45, 7) is 0.284. The second-order valence-corrected chi connectivity index (χ2v) is 3.89. The van der Waals surface area contributed by atoms with Gasteiger partial charge in [-0.3, -0.25) is 0 Å². The summed E-state index contributed by atoms with van der Waals surface area (Å²) in [6.07, 6.45) is 6.51. The zero-order valence-corrected chi connectivity index (χ0v) is 10.1. The van der Waals surface area contributed by atoms with Crippen molar-refractivity contribution in [2.24, 2.45) is 7.05 Å². The maximum Gasteiger partial charge on any atom is 0.331 e. The van der Waals surface area contributed by atoms with Gasteiger partial charge in [0.25, 0.3) is 0 Å². The summed E-state index contributed by atoms with van der Waals surface area (Å²) >= 11 is 0. The SMILES string of the molecule is Cn1cnc(/C=C/C(=O)OCc2ccccc2)c1. The van der Waals surface area contributed by atoms with Crippen LogP contribution in [0.2, 0.25) is 0 Å². The molecule has 0 unspecified atom stereocenters. The minimum atomic E-state index is -0.371. The Kier molecular flexibility index (Phi) is 3.91. The number of aryl methyl sites for hydroxylation is 1. The van der Waals surface area contributed by atoms with E-state index in [0.717, 1.165) is 11.3 Å². The van der Waals surface area contributed by atoms with E-state index >= 15 is 0 Å². The number of nitrogens with zero attached hydrogens (tertiary/aromatic N) is 2. The molecule has 0 fully saturated rings. The van der Waals surface area contributed by atoms with Gasteiger partial charge in [0.2, 0.25) is 0 Å². The zero-order chi connectivity index (χ0) is 12.8. The second-order valence-electron chi connectivity index (χ2n) is 3.89. The molecule has 0 aliphatic rings. The van der Waals surface area contributed by atoms with Crippen LogP contribution in [-0.2, 0) is 23.2 Å². The van der Waals surface area contributed by atoms with Crippen molar-refractivity contribution in [3.05, 3.63) is 60.2 Å². The number of carbonyl (C=O) groups is 1. The molecule has 1 aromatic carbocycles. The molecule has 18 heavy (non-hydrogen) atoms. The van der Waals surface area contributed by atoms with E-state index < -0.39 is 0 Å². The average Bonchev–Trinajstić information content (AvgIpc) is 2.81. The normalized spacial score (nSPS) is 10.7. The van der Waals surface area contributed by atoms with E-state index in [0.29, 0.717) is 0 Å². The van der Waals surface area contributed by atoms with E-state index in [4.69, 9.17) is 4.74 Å². The lowest BCUT2D eigenvalue weighted by atomic mass is 10.2. The monoisotopic (exact) mass is 242 g/mol. The van der Waals surface area contributed by atoms with Gasteiger partial charge in [0.1, 0.15) is 6.61 Å². The standard InChI is InChI=1S/C14H14N2O2/c1-16-9-13(15-11-16)7-8-14(17)18-10-12-5-3-2-4-6-12/h2-9,11H,10H2,1H3/b8-7+. The Labute approximate surface area is 106 Å². The minimum absolute atomic E-state index is 0.284. The molecule has 0 saturated heterocycles. The lowest BCUT2D eigenvalue weighted by Gasteiger charge is -2.01. The van der Waals surface area contributed by atoms with Gasteiger partial charge in [-0.25, -0.2) is 9.78 Å². The van der Waals surface area contributed by atoms with Crippen LogP contribution in [0.3, 0.4) is 0 Å². The lowest BCUT2D eigenvalue weighted by Crippen LogP contribution is -2.00. The van der Waals surface area contributed by atoms with Crippen molar-refractivity contribution in [1.82, 2.24) is 9.55 Å². The Hall–Kier alpha value is -2.36. The van der Waals surface area contributed by atoms with Gasteiger partial charge in [0.15, 0.2) is 0 Å². The second kappa shape index (κ2) is 5.82. The number of esters is 1. The fourth-order valence-corrected chi connectivity index (χ4v) is 1.45. The summed E-state index contributed by atoms with van der Waals surface area (Å²) in [5.41, 5.74) is 1.70. The molecule has 1 heterocycles. The molecule has 1 aromatic heterocycles. The first kappa shape index (κ1) is 12.1. The van der Waals surface area contributed by atoms with Crippen molar-refractivity contribution in [2.45, 2.75) is 6.61 Å². The van der Waals surface area contributed by atoms with E-state index in [1.54, 1.807) is 12.4 Å². The fourth-order valence-electron chi connectivity index (χ4n) is 1.45. The molecule has 0 atom stereocenters. The van der Waals surface area contributed by atoms with Crippen molar-refractivity contribution in [2.75, 3.05) is 0 Å². The highest BCUT2D eigenvalue weighted by atomic mass is 16.5. The first-order valence-electron chi connectivity index (χ1n) is 5.61. The molecule has 2 aromatic rings. The molecule has 0 aliphatic carbocycles. The molecule has 4 heteroatoms. The summed E-state index contributed by atoms with van der Waals surface area (Å²) in [4.78, 5) is 15.5. The summed E-state index contributed by atoms with van der Waals surface area (Å²) in [5.74, 6) is -0.371. The smallest absolute Gasteiger partial charge is 0.331 e. The van der Waals surface area contributed by atoms with Crippen molar-refractivity contribution in [1.29, 1.82) is 0 Å². The third kappa shape index (κ3) is 3.59. The molecule has 4 nitrogen and oxygen atoms in total. The van der Waals surface area contributed by atoms with Crippen LogP contribution in [0, 0.1) is 0 Å². The quantitative estimate of drug-likeness (QED) is 0.609. The number of rotatable bonds is 4. The number of imidazole rings is 1. The molecule has 0 amide bonds. The Morgan fingerprint density at radius 1 is 1.39 bits per heavy atom. The van der Waals surface area contributed by atoms with Gasteiger partial charge >= 0.3 is 5.97 Å². The highest BCUT2D eigenvalue weighted by Crippen LogP contribution is 2.02. The zero-order valence-electron chi connectivity index (χ0n) is 10.1. The van der Waals surface area contributed by atoms with Gasteiger partial charge in [0, 0.05) is 19.3 Å². The fraction of sp³-hybridized carbons (Fsp3) is 0.143. The van der Waals surface area contributed by atoms with Gasteiger partial charge in [-0.15, -0.1) is 0 Å². The van der Waals surface area contributed by atoms with Crippen LogP contribution in [0.1, 0.15) is 11.3 Å². The molecule has 2 rings (SSSR count). The van der Waals surface area contributed by atoms with Gasteiger partial charge in [0.05, 0.1) is 12.0 Å². The van der Waals surface area contributed by atoms with Crippen LogP contribution in [0.4, 0.5) is 0 Å². The first-order valence-corrected chi connectivity index (χ1v) is 5.61. The van der Waals surface area contributed by atoms with E-state index in [-0.39, 0.29) is 12.6 Å². The summed E-state index contributed by atoms with van der Waals surface area (Å²) in [6, 6.07) is 9.57. The van der Waals surface area contributed by atoms with E-state index in [1.165, 1.54) is 6.08 Å². The Morgan fingerprint density at radius 3 is 2.83 bits per heavy atom. The predicted octanol–water partition coefficient (Wildman–Crippen LogP) is 2.18. The third-order valence-electron chi connectivity index (χ3n) is 2.34. The van der Waals surface area contributed by atoms with Gasteiger partial charge in [-0.05, 0) is 11.6 Å². The summed E-state index contributed by atoms with van der Waals surface area (Å²) < 4.78 is 6.91. The van der Waals surface area contributed by atoms with Crippen molar-refractivity contribution >= 4 is 12.0 Å². The minimum Gasteiger partial charge on any atom is -0.458 e. The first-order chi connectivity index (χ1) is 8.74. The van der Waals surface area contributed by atoms with Crippen molar-refractivity contribution in [3.8, 4) is 0 Å². The number of hydrogen-bond acceptors (Lipinski definition) is 3. The van der Waals surface area contributed by atoms with Crippen LogP contribution in [0.5, 0.6) is 0 Å². The molecule has 0 aliphatic heterocycles. The van der Waals surface area contributed by atoms with E-state index in [2.05, 4.69) is 4.98 Å². The van der Waals surface area contributed by atoms with Gasteiger partial charge in [-0.2, -0.15) is 0 Å². The highest BCUT2D eigenvalue weighted by molar-refractivity contribution is 5.86. The van der Waals surface area contributed by atoms with E-state index in [1.807, 2.05) is 48.1 Å². The lowest BCUT2D eigenvalue weighted by molar-refractivity contribution is -0.138. The molecular formula is C14H14N2O2. The van der Waals surface area contributed by atoms with Crippen LogP contribution < -0.4 is 0 Å². The Morgan fingerprint density at radius 2 is 2.17 bits per heavy atom. The number of aromatic nitrogens is 2. The molecule has 92 valence electrons. The predicted molar refractivity (Wildman–Crippen MR) is 68.5 cm³/mol. The van der Waals surface area contributed by atoms with Crippen LogP contribution in [-0.4, -0.2) is 15.5 Å². The van der Waals surface area contributed by atoms with Crippen LogP contribution >= 0.6 is 0 Å². The van der Waals surface area contributed by atoms with Crippen molar-refractivity contribution < 1.29 is 9.53 Å². The average molecular weight is 242 g/mol. The summed E-state index contributed by atoms with van der Waals surface area (Å²) in [7, 11) is 1.87. The van der Waals surface area contributed by atoms with Gasteiger partial charge in [-0.1, -0.05) is 30.3 Å². The molecule has 0 bridgehead atoms. The molecule has 0 N–H and O–H groups in total. The molecule has 0 radical (unpaired) electrons. The van der Waals surface area contributed by atoms with Crippen LogP contribution in [0.25, 0.3) is 6.08 Å². The largest absolute Gasteiger partial charge is 0.458 e. The van der Waals surface area contributed by atoms with E-state index in [9.17, 15) is 4.79 Å². The van der Waals surface area contributed by atoms with Gasteiger partial charge < -0.3 is 9.30 Å².